The Morgan fingerprint density at radius 2 is 2.46 bits per heavy atom. The lowest BCUT2D eigenvalue weighted by Gasteiger charge is -2.24. The number of hydrogen-bond donors (Lipinski definition) is 2. The Labute approximate surface area is 75.9 Å². The quantitative estimate of drug-likeness (QED) is 0.596. The second-order valence-electron chi connectivity index (χ2n) is 3.28. The van der Waals surface area contributed by atoms with E-state index >= 15 is 0 Å². The van der Waals surface area contributed by atoms with E-state index in [0.717, 1.165) is 23.4 Å². The molecule has 0 aliphatic carbocycles. The van der Waals surface area contributed by atoms with E-state index in [1.165, 1.54) is 0 Å². The van der Waals surface area contributed by atoms with E-state index in [1.807, 2.05) is 6.92 Å². The zero-order valence-corrected chi connectivity index (χ0v) is 7.50. The predicted molar refractivity (Wildman–Crippen MR) is 47.0 cm³/mol. The normalized spacial score (nSPS) is 15.6. The summed E-state index contributed by atoms with van der Waals surface area (Å²) in [5.74, 6) is 0. The molecule has 0 saturated carbocycles. The highest BCUT2D eigenvalue weighted by atomic mass is 16.2. The lowest BCUT2D eigenvalue weighted by Crippen LogP contribution is -2.39. The van der Waals surface area contributed by atoms with Crippen LogP contribution in [0.4, 0.5) is 4.79 Å². The summed E-state index contributed by atoms with van der Waals surface area (Å²) in [6.45, 7) is 3.22. The summed E-state index contributed by atoms with van der Waals surface area (Å²) >= 11 is 0. The van der Waals surface area contributed by atoms with Gasteiger partial charge in [-0.15, -0.1) is 0 Å². The first kappa shape index (κ1) is 8.10. The van der Waals surface area contributed by atoms with Crippen LogP contribution < -0.4 is 5.73 Å². The largest absolute Gasteiger partial charge is 0.351 e. The molecule has 0 unspecified atom stereocenters. The van der Waals surface area contributed by atoms with Gasteiger partial charge < -0.3 is 10.6 Å². The Hall–Kier alpha value is -1.52. The molecular formula is C8H12N4O. The molecule has 0 fully saturated rings. The van der Waals surface area contributed by atoms with Crippen LogP contribution in [0.5, 0.6) is 0 Å². The van der Waals surface area contributed by atoms with Gasteiger partial charge in [0.05, 0.1) is 12.2 Å². The summed E-state index contributed by atoms with van der Waals surface area (Å²) in [5.41, 5.74) is 8.41. The Morgan fingerprint density at radius 3 is 3.15 bits per heavy atom. The third-order valence-corrected chi connectivity index (χ3v) is 2.44. The molecule has 2 amide bonds. The Balaban J connectivity index is 2.27. The number of nitrogens with zero attached hydrogens (tertiary/aromatic N) is 2. The number of urea groups is 1. The Bertz CT molecular complexity index is 344. The minimum absolute atomic E-state index is 0.355. The maximum atomic E-state index is 10.9. The highest BCUT2D eigenvalue weighted by Gasteiger charge is 2.22. The summed E-state index contributed by atoms with van der Waals surface area (Å²) in [6, 6.07) is -0.355. The molecule has 13 heavy (non-hydrogen) atoms. The number of primary amides is 1. The van der Waals surface area contributed by atoms with Crippen molar-refractivity contribution in [2.45, 2.75) is 19.9 Å². The molecule has 0 saturated heterocycles. The molecule has 1 aliphatic heterocycles. The van der Waals surface area contributed by atoms with Gasteiger partial charge in [-0.3, -0.25) is 5.10 Å². The second kappa shape index (κ2) is 2.76. The topological polar surface area (TPSA) is 75.0 Å². The number of aromatic amines is 1. The van der Waals surface area contributed by atoms with E-state index in [2.05, 4.69) is 10.2 Å². The van der Waals surface area contributed by atoms with Gasteiger partial charge in [0, 0.05) is 24.2 Å². The molecule has 0 radical (unpaired) electrons. The van der Waals surface area contributed by atoms with Gasteiger partial charge in [-0.25, -0.2) is 4.79 Å². The second-order valence-corrected chi connectivity index (χ2v) is 3.28. The van der Waals surface area contributed by atoms with E-state index in [0.29, 0.717) is 13.1 Å². The van der Waals surface area contributed by atoms with Crippen LogP contribution in [0.1, 0.15) is 17.0 Å². The third-order valence-electron chi connectivity index (χ3n) is 2.44. The van der Waals surface area contributed by atoms with Gasteiger partial charge in [0.25, 0.3) is 0 Å². The SMILES string of the molecule is Cc1[nH]nc2c1CN(C(N)=O)CC2. The molecule has 3 N–H and O–H groups in total. The van der Waals surface area contributed by atoms with E-state index in [1.54, 1.807) is 4.90 Å². The fourth-order valence-corrected chi connectivity index (χ4v) is 1.62. The molecule has 2 rings (SSSR count). The first-order valence-electron chi connectivity index (χ1n) is 4.25. The fraction of sp³-hybridized carbons (Fsp3) is 0.500. The Morgan fingerprint density at radius 1 is 1.69 bits per heavy atom. The molecule has 1 aliphatic rings. The van der Waals surface area contributed by atoms with Gasteiger partial charge in [0.15, 0.2) is 0 Å². The number of amides is 2. The number of aromatic nitrogens is 2. The number of aryl methyl sites for hydroxylation is 1. The molecule has 5 heteroatoms. The molecule has 70 valence electrons. The average Bonchev–Trinajstić information content (AvgIpc) is 2.47. The number of carbonyl (C=O) groups is 1. The van der Waals surface area contributed by atoms with Crippen molar-refractivity contribution >= 4 is 6.03 Å². The lowest BCUT2D eigenvalue weighted by atomic mass is 10.1. The first-order chi connectivity index (χ1) is 6.18. The maximum Gasteiger partial charge on any atom is 0.315 e. The third kappa shape index (κ3) is 1.26. The molecular weight excluding hydrogens is 168 g/mol. The molecule has 1 aromatic heterocycles. The van der Waals surface area contributed by atoms with Crippen molar-refractivity contribution in [2.75, 3.05) is 6.54 Å². The first-order valence-corrected chi connectivity index (χ1v) is 4.25. The summed E-state index contributed by atoms with van der Waals surface area (Å²) in [6.07, 6.45) is 0.794. The van der Waals surface area contributed by atoms with Crippen LogP contribution >= 0.6 is 0 Å². The van der Waals surface area contributed by atoms with Gasteiger partial charge in [-0.05, 0) is 6.92 Å². The van der Waals surface area contributed by atoms with E-state index in [4.69, 9.17) is 5.73 Å². The zero-order valence-electron chi connectivity index (χ0n) is 7.50. The van der Waals surface area contributed by atoms with Gasteiger partial charge >= 0.3 is 6.03 Å². The molecule has 0 atom stereocenters. The van der Waals surface area contributed by atoms with Gasteiger partial charge in [-0.2, -0.15) is 5.10 Å². The number of carbonyl (C=O) groups excluding carboxylic acids is 1. The number of fused-ring (bicyclic) bond motifs is 1. The van der Waals surface area contributed by atoms with Crippen LogP contribution in [0, 0.1) is 6.92 Å². The molecule has 0 spiro atoms. The van der Waals surface area contributed by atoms with E-state index < -0.39 is 0 Å². The van der Waals surface area contributed by atoms with Gasteiger partial charge in [0.1, 0.15) is 0 Å². The summed E-state index contributed by atoms with van der Waals surface area (Å²) in [4.78, 5) is 12.5. The predicted octanol–water partition coefficient (Wildman–Crippen LogP) is 0.155. The van der Waals surface area contributed by atoms with Crippen LogP contribution in [0.2, 0.25) is 0 Å². The molecule has 1 aromatic rings. The molecule has 5 nitrogen and oxygen atoms in total. The van der Waals surface area contributed by atoms with Crippen molar-refractivity contribution in [2.24, 2.45) is 5.73 Å². The minimum Gasteiger partial charge on any atom is -0.351 e. The van der Waals surface area contributed by atoms with Crippen molar-refractivity contribution in [1.29, 1.82) is 0 Å². The van der Waals surface area contributed by atoms with Crippen LogP contribution in [0.25, 0.3) is 0 Å². The highest BCUT2D eigenvalue weighted by Crippen LogP contribution is 2.18. The molecule has 2 heterocycles. The van der Waals surface area contributed by atoms with Crippen LogP contribution in [-0.4, -0.2) is 27.7 Å². The van der Waals surface area contributed by atoms with Crippen LogP contribution in [0.3, 0.4) is 0 Å². The number of rotatable bonds is 0. The van der Waals surface area contributed by atoms with Crippen LogP contribution in [0.15, 0.2) is 0 Å². The van der Waals surface area contributed by atoms with Gasteiger partial charge in [0.2, 0.25) is 0 Å². The maximum absolute atomic E-state index is 10.9. The van der Waals surface area contributed by atoms with Crippen molar-refractivity contribution in [3.8, 4) is 0 Å². The lowest BCUT2D eigenvalue weighted by molar-refractivity contribution is 0.202. The highest BCUT2D eigenvalue weighted by molar-refractivity contribution is 5.72. The molecule has 0 bridgehead atoms. The zero-order chi connectivity index (χ0) is 9.42. The van der Waals surface area contributed by atoms with E-state index in [9.17, 15) is 4.79 Å². The van der Waals surface area contributed by atoms with Crippen molar-refractivity contribution in [1.82, 2.24) is 15.1 Å². The number of H-pyrrole nitrogens is 1. The smallest absolute Gasteiger partial charge is 0.315 e. The number of nitrogens with two attached hydrogens (primary N) is 1. The number of nitrogens with one attached hydrogen (secondary N) is 1. The van der Waals surface area contributed by atoms with Gasteiger partial charge in [-0.1, -0.05) is 0 Å². The molecule has 0 aromatic carbocycles. The van der Waals surface area contributed by atoms with Crippen molar-refractivity contribution in [3.63, 3.8) is 0 Å². The standard InChI is InChI=1S/C8H12N4O/c1-5-6-4-12(8(9)13)3-2-7(6)11-10-5/h2-4H2,1H3,(H2,9,13)(H,10,11). The Kier molecular flexibility index (Phi) is 1.72. The minimum atomic E-state index is -0.355. The monoisotopic (exact) mass is 180 g/mol. The van der Waals surface area contributed by atoms with Crippen LogP contribution in [-0.2, 0) is 13.0 Å². The summed E-state index contributed by atoms with van der Waals surface area (Å²) in [7, 11) is 0. The van der Waals surface area contributed by atoms with Crippen molar-refractivity contribution < 1.29 is 4.79 Å². The summed E-state index contributed by atoms with van der Waals surface area (Å²) < 4.78 is 0. The number of hydrogen-bond acceptors (Lipinski definition) is 2. The average molecular weight is 180 g/mol. The van der Waals surface area contributed by atoms with E-state index in [-0.39, 0.29) is 6.03 Å². The summed E-state index contributed by atoms with van der Waals surface area (Å²) in [5, 5.41) is 7.06. The van der Waals surface area contributed by atoms with Crippen molar-refractivity contribution in [3.05, 3.63) is 17.0 Å². The fourth-order valence-electron chi connectivity index (χ4n) is 1.62.